The van der Waals surface area contributed by atoms with Gasteiger partial charge < -0.3 is 14.6 Å². The third-order valence-electron chi connectivity index (χ3n) is 5.95. The van der Waals surface area contributed by atoms with Crippen LogP contribution in [0.4, 0.5) is 4.79 Å². The molecule has 3 rings (SSSR count). The zero-order valence-corrected chi connectivity index (χ0v) is 20.6. The Morgan fingerprint density at radius 2 is 1.56 bits per heavy atom. The molecular formula is C25H31NO5S. The number of hydrogen-bond donors (Lipinski definition) is 1. The number of carbonyl (C=O) groups is 2. The van der Waals surface area contributed by atoms with Crippen LogP contribution in [0.3, 0.4) is 0 Å². The molecule has 1 fully saturated rings. The van der Waals surface area contributed by atoms with Crippen molar-refractivity contribution in [2.45, 2.75) is 58.8 Å². The average molecular weight is 458 g/mol. The van der Waals surface area contributed by atoms with Crippen LogP contribution in [-0.4, -0.2) is 45.7 Å². The number of imide groups is 1. The van der Waals surface area contributed by atoms with E-state index >= 15 is 0 Å². The van der Waals surface area contributed by atoms with E-state index in [1.165, 1.54) is 11.9 Å². The number of carbonyl (C=O) groups excluding carboxylic acids is 2. The van der Waals surface area contributed by atoms with Crippen molar-refractivity contribution in [2.75, 3.05) is 13.7 Å². The summed E-state index contributed by atoms with van der Waals surface area (Å²) in [5.74, 6) is 1.65. The van der Waals surface area contributed by atoms with Gasteiger partial charge in [0.15, 0.2) is 0 Å². The van der Waals surface area contributed by atoms with Gasteiger partial charge in [0.25, 0.3) is 5.24 Å². The number of amides is 2. The second kappa shape index (κ2) is 9.06. The predicted molar refractivity (Wildman–Crippen MR) is 127 cm³/mol. The summed E-state index contributed by atoms with van der Waals surface area (Å²) in [7, 11) is 1.52. The number of ether oxygens (including phenoxy) is 2. The topological polar surface area (TPSA) is 76.1 Å². The molecule has 2 aromatic carbocycles. The molecule has 1 aliphatic heterocycles. The number of rotatable bonds is 7. The molecule has 32 heavy (non-hydrogen) atoms. The molecule has 1 heterocycles. The lowest BCUT2D eigenvalue weighted by atomic mass is 9.98. The first kappa shape index (κ1) is 24.0. The molecule has 0 radical (unpaired) electrons. The Labute approximate surface area is 193 Å². The lowest BCUT2D eigenvalue weighted by Crippen LogP contribution is -2.36. The van der Waals surface area contributed by atoms with Crippen molar-refractivity contribution in [3.05, 3.63) is 52.1 Å². The van der Waals surface area contributed by atoms with Crippen LogP contribution in [0, 0.1) is 27.7 Å². The molecule has 1 unspecified atom stereocenters. The first-order chi connectivity index (χ1) is 14.9. The minimum Gasteiger partial charge on any atom is -0.507 e. The summed E-state index contributed by atoms with van der Waals surface area (Å²) < 4.78 is 12.3. The number of thioether (sulfide) groups is 1. The molecule has 1 saturated heterocycles. The Kier molecular flexibility index (Phi) is 6.79. The van der Waals surface area contributed by atoms with E-state index < -0.39 is 5.60 Å². The highest BCUT2D eigenvalue weighted by molar-refractivity contribution is 8.15. The molecule has 0 aromatic heterocycles. The zero-order valence-electron chi connectivity index (χ0n) is 19.7. The van der Waals surface area contributed by atoms with Crippen LogP contribution >= 0.6 is 11.8 Å². The highest BCUT2D eigenvalue weighted by atomic mass is 32.2. The summed E-state index contributed by atoms with van der Waals surface area (Å²) in [6.07, 6.45) is 0.507. The van der Waals surface area contributed by atoms with E-state index in [2.05, 4.69) is 0 Å². The fourth-order valence-electron chi connectivity index (χ4n) is 3.60. The Morgan fingerprint density at radius 3 is 2.06 bits per heavy atom. The van der Waals surface area contributed by atoms with E-state index in [-0.39, 0.29) is 16.4 Å². The molecular weight excluding hydrogens is 426 g/mol. The molecule has 0 bridgehead atoms. The standard InChI is InChI=1S/C25H31NO5S/c1-14-16(3)22(17(4)15(2)21(14)27)31-25(5,6)13-30-19-10-8-18(9-11-19)12-20-23(28)26(7)24(29)32-20/h8-11,20,27H,12-13H2,1-7H3. The highest BCUT2D eigenvalue weighted by Crippen LogP contribution is 2.38. The van der Waals surface area contributed by atoms with Gasteiger partial charge in [0.2, 0.25) is 5.91 Å². The summed E-state index contributed by atoms with van der Waals surface area (Å²) in [5.41, 5.74) is 3.87. The van der Waals surface area contributed by atoms with Gasteiger partial charge in [-0.2, -0.15) is 0 Å². The second-order valence-electron chi connectivity index (χ2n) is 8.95. The van der Waals surface area contributed by atoms with Gasteiger partial charge in [-0.15, -0.1) is 0 Å². The van der Waals surface area contributed by atoms with Crippen molar-refractivity contribution in [1.82, 2.24) is 4.90 Å². The SMILES string of the molecule is Cc1c(C)c(OC(C)(C)COc2ccc(CC3SC(=O)N(C)C3=O)cc2)c(C)c(C)c1O. The number of phenols is 1. The van der Waals surface area contributed by atoms with Crippen molar-refractivity contribution in [3.63, 3.8) is 0 Å². The van der Waals surface area contributed by atoms with Gasteiger partial charge in [-0.1, -0.05) is 23.9 Å². The van der Waals surface area contributed by atoms with Crippen LogP contribution in [0.1, 0.15) is 41.7 Å². The first-order valence-corrected chi connectivity index (χ1v) is 11.5. The van der Waals surface area contributed by atoms with Gasteiger partial charge >= 0.3 is 0 Å². The maximum Gasteiger partial charge on any atom is 0.288 e. The summed E-state index contributed by atoms with van der Waals surface area (Å²) in [5, 5.41) is 9.71. The first-order valence-electron chi connectivity index (χ1n) is 10.6. The number of nitrogens with zero attached hydrogens (tertiary/aromatic N) is 1. The highest BCUT2D eigenvalue weighted by Gasteiger charge is 2.36. The Hall–Kier alpha value is -2.67. The third kappa shape index (κ3) is 4.88. The van der Waals surface area contributed by atoms with Crippen LogP contribution in [0.2, 0.25) is 0 Å². The number of benzene rings is 2. The Balaban J connectivity index is 1.63. The number of hydrogen-bond acceptors (Lipinski definition) is 6. The van der Waals surface area contributed by atoms with Crippen molar-refractivity contribution < 1.29 is 24.2 Å². The largest absolute Gasteiger partial charge is 0.507 e. The van der Waals surface area contributed by atoms with Gasteiger partial charge in [-0.3, -0.25) is 14.5 Å². The van der Waals surface area contributed by atoms with Crippen LogP contribution in [0.25, 0.3) is 0 Å². The van der Waals surface area contributed by atoms with Crippen molar-refractivity contribution >= 4 is 22.9 Å². The summed E-state index contributed by atoms with van der Waals surface area (Å²) >= 11 is 1.07. The molecule has 1 aliphatic rings. The van der Waals surface area contributed by atoms with Crippen LogP contribution in [0.5, 0.6) is 17.2 Å². The summed E-state index contributed by atoms with van der Waals surface area (Å²) in [6.45, 7) is 11.9. The van der Waals surface area contributed by atoms with Gasteiger partial charge in [-0.25, -0.2) is 0 Å². The Morgan fingerprint density at radius 1 is 1.00 bits per heavy atom. The van der Waals surface area contributed by atoms with E-state index in [9.17, 15) is 14.7 Å². The lowest BCUT2D eigenvalue weighted by molar-refractivity contribution is -0.125. The van der Waals surface area contributed by atoms with E-state index in [0.717, 1.165) is 45.3 Å². The van der Waals surface area contributed by atoms with E-state index in [4.69, 9.17) is 9.47 Å². The molecule has 0 spiro atoms. The average Bonchev–Trinajstić information content (AvgIpc) is 3.00. The quantitative estimate of drug-likeness (QED) is 0.624. The fourth-order valence-corrected chi connectivity index (χ4v) is 4.62. The zero-order chi connectivity index (χ0) is 23.8. The van der Waals surface area contributed by atoms with Crippen molar-refractivity contribution in [2.24, 2.45) is 0 Å². The predicted octanol–water partition coefficient (Wildman–Crippen LogP) is 5.10. The number of aromatic hydroxyl groups is 1. The minimum atomic E-state index is -0.595. The molecule has 1 N–H and O–H groups in total. The van der Waals surface area contributed by atoms with Gasteiger partial charge in [0, 0.05) is 7.05 Å². The maximum absolute atomic E-state index is 12.1. The summed E-state index contributed by atoms with van der Waals surface area (Å²) in [6, 6.07) is 7.57. The van der Waals surface area contributed by atoms with Gasteiger partial charge in [-0.05, 0) is 87.9 Å². The van der Waals surface area contributed by atoms with Crippen LogP contribution < -0.4 is 9.47 Å². The third-order valence-corrected chi connectivity index (χ3v) is 7.08. The lowest BCUT2D eigenvalue weighted by Gasteiger charge is -2.29. The smallest absolute Gasteiger partial charge is 0.288 e. The monoisotopic (exact) mass is 457 g/mol. The molecule has 0 saturated carbocycles. The molecule has 0 aliphatic carbocycles. The molecule has 2 amide bonds. The summed E-state index contributed by atoms with van der Waals surface area (Å²) in [4.78, 5) is 24.9. The normalized spacial score (nSPS) is 16.6. The van der Waals surface area contributed by atoms with Gasteiger partial charge in [0.05, 0.1) is 5.25 Å². The molecule has 1 atom stereocenters. The number of phenolic OH excluding ortho intramolecular Hbond substituents is 1. The van der Waals surface area contributed by atoms with E-state index in [1.54, 1.807) is 0 Å². The fraction of sp³-hybridized carbons (Fsp3) is 0.440. The molecule has 2 aromatic rings. The van der Waals surface area contributed by atoms with E-state index in [0.29, 0.717) is 24.5 Å². The van der Waals surface area contributed by atoms with Gasteiger partial charge in [0.1, 0.15) is 29.5 Å². The molecule has 6 nitrogen and oxygen atoms in total. The second-order valence-corrected chi connectivity index (χ2v) is 10.1. The van der Waals surface area contributed by atoms with Crippen molar-refractivity contribution in [1.29, 1.82) is 0 Å². The molecule has 172 valence electrons. The Bertz CT molecular complexity index is 1020. The van der Waals surface area contributed by atoms with Crippen LogP contribution in [0.15, 0.2) is 24.3 Å². The van der Waals surface area contributed by atoms with Crippen LogP contribution in [-0.2, 0) is 11.2 Å². The maximum atomic E-state index is 12.1. The minimum absolute atomic E-state index is 0.149. The van der Waals surface area contributed by atoms with E-state index in [1.807, 2.05) is 65.8 Å². The van der Waals surface area contributed by atoms with Crippen molar-refractivity contribution in [3.8, 4) is 17.2 Å². The molecule has 7 heteroatoms.